The van der Waals surface area contributed by atoms with Crippen molar-refractivity contribution in [3.8, 4) is 0 Å². The monoisotopic (exact) mass is 433 g/mol. The van der Waals surface area contributed by atoms with Crippen LogP contribution in [0.1, 0.15) is 28.7 Å². The number of anilines is 1. The molecule has 0 aromatic heterocycles. The molecule has 4 aromatic carbocycles. The standard InChI is InChI=1S/C29H23NO3/c1-17-12-18(2)27-25(13-17)29(15-26(31)19(3)33-29)28(32)30(27)16-24-22-10-6-4-8-20(22)14-21-9-5-7-11-23(21)24/h4-14H,3,15-16H2,1-2H3. The Hall–Kier alpha value is -3.92. The van der Waals surface area contributed by atoms with Crippen LogP contribution in [-0.2, 0) is 26.5 Å². The van der Waals surface area contributed by atoms with Crippen molar-refractivity contribution in [1.29, 1.82) is 0 Å². The first-order valence-corrected chi connectivity index (χ1v) is 11.1. The van der Waals surface area contributed by atoms with E-state index in [0.717, 1.165) is 49.5 Å². The zero-order chi connectivity index (χ0) is 22.9. The zero-order valence-corrected chi connectivity index (χ0v) is 18.6. The molecule has 0 N–H and O–H groups in total. The lowest BCUT2D eigenvalue weighted by molar-refractivity contribution is -0.135. The summed E-state index contributed by atoms with van der Waals surface area (Å²) in [7, 11) is 0. The number of nitrogens with zero attached hydrogens (tertiary/aromatic N) is 1. The van der Waals surface area contributed by atoms with Gasteiger partial charge in [-0.15, -0.1) is 0 Å². The van der Waals surface area contributed by atoms with Crippen molar-refractivity contribution in [3.05, 3.63) is 101 Å². The highest BCUT2D eigenvalue weighted by Gasteiger charge is 2.59. The van der Waals surface area contributed by atoms with E-state index in [4.69, 9.17) is 4.74 Å². The Labute approximate surface area is 192 Å². The largest absolute Gasteiger partial charge is 0.469 e. The molecule has 0 saturated carbocycles. The van der Waals surface area contributed by atoms with Gasteiger partial charge in [-0.05, 0) is 58.7 Å². The molecule has 2 heterocycles. The van der Waals surface area contributed by atoms with Gasteiger partial charge in [-0.3, -0.25) is 9.59 Å². The van der Waals surface area contributed by atoms with Gasteiger partial charge in [-0.25, -0.2) is 0 Å². The Balaban J connectivity index is 1.59. The normalized spacial score (nSPS) is 19.7. The smallest absolute Gasteiger partial charge is 0.276 e. The lowest BCUT2D eigenvalue weighted by atomic mass is 9.89. The molecule has 1 saturated heterocycles. The second-order valence-corrected chi connectivity index (χ2v) is 9.12. The average Bonchev–Trinajstić information content (AvgIpc) is 3.22. The summed E-state index contributed by atoms with van der Waals surface area (Å²) in [6, 6.07) is 22.8. The first-order chi connectivity index (χ1) is 15.9. The Morgan fingerprint density at radius 3 is 2.18 bits per heavy atom. The van der Waals surface area contributed by atoms with Crippen molar-refractivity contribution >= 4 is 38.9 Å². The van der Waals surface area contributed by atoms with Gasteiger partial charge in [0, 0.05) is 5.56 Å². The summed E-state index contributed by atoms with van der Waals surface area (Å²) in [6.07, 6.45) is -0.00660. The Morgan fingerprint density at radius 1 is 0.939 bits per heavy atom. The summed E-state index contributed by atoms with van der Waals surface area (Å²) >= 11 is 0. The SMILES string of the molecule is C=C1OC2(CC1=O)C(=O)N(Cc1c3ccccc3cc3ccccc13)c1c(C)cc(C)cc12. The van der Waals surface area contributed by atoms with Crippen LogP contribution in [0, 0.1) is 13.8 Å². The van der Waals surface area contributed by atoms with Crippen LogP contribution in [0.5, 0.6) is 0 Å². The highest BCUT2D eigenvalue weighted by molar-refractivity contribution is 6.14. The number of Topliss-reactive ketones (excluding diaryl/α,β-unsaturated/α-hetero) is 1. The van der Waals surface area contributed by atoms with Crippen LogP contribution in [-0.4, -0.2) is 11.7 Å². The summed E-state index contributed by atoms with van der Waals surface area (Å²) in [4.78, 5) is 28.3. The second kappa shape index (κ2) is 6.79. The first kappa shape index (κ1) is 19.7. The molecule has 1 spiro atoms. The van der Waals surface area contributed by atoms with Crippen molar-refractivity contribution < 1.29 is 14.3 Å². The number of ether oxygens (including phenoxy) is 1. The van der Waals surface area contributed by atoms with Gasteiger partial charge in [0.05, 0.1) is 18.7 Å². The summed E-state index contributed by atoms with van der Waals surface area (Å²) < 4.78 is 5.98. The number of rotatable bonds is 2. The highest BCUT2D eigenvalue weighted by Crippen LogP contribution is 2.52. The summed E-state index contributed by atoms with van der Waals surface area (Å²) in [6.45, 7) is 8.16. The van der Waals surface area contributed by atoms with E-state index in [1.807, 2.05) is 49.1 Å². The van der Waals surface area contributed by atoms with Crippen LogP contribution < -0.4 is 4.90 Å². The van der Waals surface area contributed by atoms with Gasteiger partial charge in [0.25, 0.3) is 5.91 Å². The van der Waals surface area contributed by atoms with Crippen molar-refractivity contribution in [2.24, 2.45) is 0 Å². The van der Waals surface area contributed by atoms with E-state index >= 15 is 0 Å². The molecule has 162 valence electrons. The molecule has 4 nitrogen and oxygen atoms in total. The van der Waals surface area contributed by atoms with Crippen LogP contribution in [0.25, 0.3) is 21.5 Å². The van der Waals surface area contributed by atoms with Crippen LogP contribution in [0.2, 0.25) is 0 Å². The highest BCUT2D eigenvalue weighted by atomic mass is 16.5. The van der Waals surface area contributed by atoms with Gasteiger partial charge in [-0.2, -0.15) is 0 Å². The molecule has 2 aliphatic heterocycles. The fraction of sp³-hybridized carbons (Fsp3) is 0.172. The van der Waals surface area contributed by atoms with E-state index in [0.29, 0.717) is 6.54 Å². The molecule has 0 aliphatic carbocycles. The van der Waals surface area contributed by atoms with E-state index in [-0.39, 0.29) is 23.9 Å². The number of amides is 1. The maximum atomic E-state index is 14.0. The number of carbonyl (C=O) groups excluding carboxylic acids is 2. The minimum atomic E-state index is -1.32. The quantitative estimate of drug-likeness (QED) is 0.294. The molecule has 2 aliphatic rings. The molecular weight excluding hydrogens is 410 g/mol. The van der Waals surface area contributed by atoms with E-state index in [1.54, 1.807) is 0 Å². The molecule has 4 heteroatoms. The summed E-state index contributed by atoms with van der Waals surface area (Å²) in [5.74, 6) is -0.355. The van der Waals surface area contributed by atoms with Crippen molar-refractivity contribution in [3.63, 3.8) is 0 Å². The predicted octanol–water partition coefficient (Wildman–Crippen LogP) is 5.86. The van der Waals surface area contributed by atoms with E-state index in [1.165, 1.54) is 0 Å². The summed E-state index contributed by atoms with van der Waals surface area (Å²) in [5.41, 5.74) is 3.40. The van der Waals surface area contributed by atoms with Gasteiger partial charge in [0.2, 0.25) is 11.4 Å². The maximum Gasteiger partial charge on any atom is 0.276 e. The van der Waals surface area contributed by atoms with Gasteiger partial charge in [0.15, 0.2) is 5.76 Å². The van der Waals surface area contributed by atoms with Crippen LogP contribution in [0.3, 0.4) is 0 Å². The van der Waals surface area contributed by atoms with Gasteiger partial charge >= 0.3 is 0 Å². The second-order valence-electron chi connectivity index (χ2n) is 9.12. The molecule has 4 aromatic rings. The molecular formula is C29H23NO3. The molecule has 1 amide bonds. The minimum Gasteiger partial charge on any atom is -0.469 e. The van der Waals surface area contributed by atoms with Crippen molar-refractivity contribution in [2.45, 2.75) is 32.4 Å². The number of hydrogen-bond acceptors (Lipinski definition) is 3. The number of fused-ring (bicyclic) bond motifs is 4. The zero-order valence-electron chi connectivity index (χ0n) is 18.6. The lowest BCUT2D eigenvalue weighted by Gasteiger charge is -2.24. The van der Waals surface area contributed by atoms with Crippen LogP contribution in [0.4, 0.5) is 5.69 Å². The molecule has 1 atom stereocenters. The molecule has 33 heavy (non-hydrogen) atoms. The number of ketones is 1. The van der Waals surface area contributed by atoms with Crippen LogP contribution >= 0.6 is 0 Å². The third kappa shape index (κ3) is 2.70. The van der Waals surface area contributed by atoms with E-state index in [9.17, 15) is 9.59 Å². The fourth-order valence-corrected chi connectivity index (χ4v) is 5.55. The Morgan fingerprint density at radius 2 is 1.58 bits per heavy atom. The van der Waals surface area contributed by atoms with Gasteiger partial charge in [-0.1, -0.05) is 66.7 Å². The third-order valence-electron chi connectivity index (χ3n) is 6.96. The Bertz CT molecular complexity index is 1460. The lowest BCUT2D eigenvalue weighted by Crippen LogP contribution is -2.39. The van der Waals surface area contributed by atoms with Crippen molar-refractivity contribution in [2.75, 3.05) is 4.90 Å². The molecule has 0 radical (unpaired) electrons. The fourth-order valence-electron chi connectivity index (χ4n) is 5.55. The molecule has 1 unspecified atom stereocenters. The molecule has 1 fully saturated rings. The predicted molar refractivity (Wildman–Crippen MR) is 130 cm³/mol. The van der Waals surface area contributed by atoms with Gasteiger partial charge < -0.3 is 9.64 Å². The third-order valence-corrected chi connectivity index (χ3v) is 6.96. The van der Waals surface area contributed by atoms with Crippen LogP contribution in [0.15, 0.2) is 79.1 Å². The average molecular weight is 434 g/mol. The molecule has 6 rings (SSSR count). The number of hydrogen-bond donors (Lipinski definition) is 0. The number of carbonyl (C=O) groups is 2. The number of benzene rings is 4. The number of aryl methyl sites for hydroxylation is 2. The number of allylic oxidation sites excluding steroid dienone is 1. The van der Waals surface area contributed by atoms with Gasteiger partial charge in [0.1, 0.15) is 0 Å². The maximum absolute atomic E-state index is 14.0. The van der Waals surface area contributed by atoms with Crippen molar-refractivity contribution in [1.82, 2.24) is 0 Å². The Kier molecular flexibility index (Phi) is 4.06. The first-order valence-electron chi connectivity index (χ1n) is 11.1. The van der Waals surface area contributed by atoms with E-state index in [2.05, 4.69) is 43.0 Å². The van der Waals surface area contributed by atoms with E-state index < -0.39 is 5.60 Å². The summed E-state index contributed by atoms with van der Waals surface area (Å²) in [5, 5.41) is 4.50. The minimum absolute atomic E-state index is 0.00660. The molecule has 0 bridgehead atoms. The topological polar surface area (TPSA) is 46.6 Å².